The number of H-pyrrole nitrogens is 2. The van der Waals surface area contributed by atoms with E-state index in [1.807, 2.05) is 84.6 Å². The van der Waals surface area contributed by atoms with Crippen molar-refractivity contribution in [1.29, 1.82) is 0 Å². The minimum atomic E-state index is -0.494. The number of allylic oxidation sites excluding steroid dienone is 1. The average molecular weight is 1860 g/mol. The van der Waals surface area contributed by atoms with Crippen molar-refractivity contribution in [1.82, 2.24) is 50.2 Å². The maximum Gasteiger partial charge on any atom is 0.318 e. The monoisotopic (exact) mass is 1860 g/mol. The van der Waals surface area contributed by atoms with Crippen molar-refractivity contribution in [3.63, 3.8) is 0 Å². The predicted octanol–water partition coefficient (Wildman–Crippen LogP) is 16.1. The first-order chi connectivity index (χ1) is 61.3. The first-order valence-electron chi connectivity index (χ1n) is 41.2. The molecule has 10 aromatic rings. The average Bonchev–Trinajstić information content (AvgIpc) is 1.50. The van der Waals surface area contributed by atoms with E-state index in [0.29, 0.717) is 116 Å². The number of esters is 2. The number of Topliss-reactive ketones (excluding diaryl/α,β-unsaturated/α-hetero) is 3. The second-order valence-corrected chi connectivity index (χ2v) is 32.8. The zero-order valence-corrected chi connectivity index (χ0v) is 76.9. The van der Waals surface area contributed by atoms with Crippen molar-refractivity contribution >= 4 is 169 Å². The van der Waals surface area contributed by atoms with Gasteiger partial charge in [-0.3, -0.25) is 53.3 Å². The number of anilines is 7. The summed E-state index contributed by atoms with van der Waals surface area (Å²) in [5.74, 6) is 1.14. The first kappa shape index (κ1) is 101. The highest BCUT2D eigenvalue weighted by atomic mass is 35.5. The molecule has 5 saturated heterocycles. The van der Waals surface area contributed by atoms with Gasteiger partial charge in [-0.1, -0.05) is 185 Å². The molecule has 676 valence electrons. The van der Waals surface area contributed by atoms with Crippen LogP contribution in [0.15, 0.2) is 242 Å². The molecule has 128 heavy (non-hydrogen) atoms. The molecular weight excluding hydrogens is 1760 g/mol. The molecule has 16 rings (SSSR count). The third-order valence-corrected chi connectivity index (χ3v) is 22.1. The van der Waals surface area contributed by atoms with E-state index in [9.17, 15) is 43.2 Å². The van der Waals surface area contributed by atoms with Crippen LogP contribution in [0.5, 0.6) is 0 Å². The number of nitrogens with two attached hydrogens (primary N) is 2. The van der Waals surface area contributed by atoms with Gasteiger partial charge in [0.2, 0.25) is 5.91 Å². The summed E-state index contributed by atoms with van der Waals surface area (Å²) in [6.07, 6.45) is 7.46. The number of piperazine rings is 4. The van der Waals surface area contributed by atoms with Gasteiger partial charge in [0, 0.05) is 150 Å². The van der Waals surface area contributed by atoms with Crippen molar-refractivity contribution < 1.29 is 52.6 Å². The number of aldehydes is 1. The van der Waals surface area contributed by atoms with Gasteiger partial charge in [-0.15, -0.1) is 0 Å². The standard InChI is InChI=1S/C24H23Cl2N5O.C21H20Cl2N2O2.C14H18N2O2.C10H14N2.C8H14O3.C7H4Cl2O.C4H4O2.2C3H5N3/c1-16-21(24(32)30-14-12-29(13-15-30)17-6-3-2-4-7-17)23(31-20(28-16)10-11-27-31)18-8-5-9-19(25)22(18)26;1-15(26)18(14-16-6-5-9-19(22)20(16)23)21(27)25-12-10-24(11-13-25)17-7-3-2-4-8-17;1-12(17)11-14(18)16-9-7-15(8-10-16)13-5-3-2-4-6-13;1-2-4-10(5-3-1)12-8-6-11-7-9-12;1-6(9)5-7(10)11-8(2,3)4;8-6-3-1-2-5(4-10)7(6)9;1-3-2-4(5)6-3;2*4-3-1-2-5-6-3/h2-11,23,28H,12-15H2,1H3;2-9,14H,10-13H2,1H3;2-6H,7-11H2,1H3;1-5,11H,6-9H2;5H2,1-4H3;1-4H;1-2H2;2*1-2H,(H3,4,5,6). The zero-order chi connectivity index (χ0) is 92.8. The molecule has 34 heteroatoms. The summed E-state index contributed by atoms with van der Waals surface area (Å²) in [6, 6.07) is 61.5. The number of hydrogen-bond donors (Lipinski definition) is 6. The summed E-state index contributed by atoms with van der Waals surface area (Å²) in [7, 11) is 0. The number of rotatable bonds is 14. The van der Waals surface area contributed by atoms with Crippen LogP contribution in [0.25, 0.3) is 6.08 Å². The number of benzene rings is 7. The molecule has 1 unspecified atom stereocenters. The van der Waals surface area contributed by atoms with Crippen molar-refractivity contribution in [2.24, 2.45) is 0 Å². The molecule has 0 radical (unpaired) electrons. The molecule has 0 saturated carbocycles. The van der Waals surface area contributed by atoms with Gasteiger partial charge in [-0.05, 0) is 139 Å². The number of aromatic amines is 2. The first-order valence-corrected chi connectivity index (χ1v) is 43.4. The summed E-state index contributed by atoms with van der Waals surface area (Å²) < 4.78 is 11.0. The third-order valence-electron chi connectivity index (χ3n) is 19.6. The Kier molecular flexibility index (Phi) is 40.7. The summed E-state index contributed by atoms with van der Waals surface area (Å²) in [5.41, 5.74) is 18.0. The van der Waals surface area contributed by atoms with E-state index >= 15 is 0 Å². The van der Waals surface area contributed by atoms with Crippen LogP contribution in [-0.4, -0.2) is 208 Å². The molecule has 0 aliphatic carbocycles. The van der Waals surface area contributed by atoms with Crippen molar-refractivity contribution in [2.45, 2.75) is 79.4 Å². The fourth-order valence-electron chi connectivity index (χ4n) is 13.3. The summed E-state index contributed by atoms with van der Waals surface area (Å²) in [6.45, 7) is 27.7. The number of hydrogen-bond acceptors (Lipinski definition) is 22. The Bertz CT molecular complexity index is 5290. The highest BCUT2D eigenvalue weighted by Crippen LogP contribution is 2.42. The maximum atomic E-state index is 13.8. The number of halogens is 6. The Labute approximate surface area is 776 Å². The van der Waals surface area contributed by atoms with Crippen LogP contribution in [0.4, 0.5) is 40.2 Å². The van der Waals surface area contributed by atoms with E-state index < -0.39 is 17.6 Å². The van der Waals surface area contributed by atoms with Crippen LogP contribution in [0.1, 0.15) is 95.3 Å². The van der Waals surface area contributed by atoms with Crippen LogP contribution in [0.3, 0.4) is 0 Å². The number of nitrogens with one attached hydrogen (secondary N) is 4. The molecule has 0 bridgehead atoms. The third kappa shape index (κ3) is 32.5. The quantitative estimate of drug-likeness (QED) is 0.0194. The molecule has 8 N–H and O–H groups in total. The number of para-hydroxylation sites is 4. The van der Waals surface area contributed by atoms with Crippen molar-refractivity contribution in [2.75, 3.05) is 141 Å². The summed E-state index contributed by atoms with van der Waals surface area (Å²) in [5, 5.41) is 25.7. The lowest BCUT2D eigenvalue weighted by Gasteiger charge is -2.38. The highest BCUT2D eigenvalue weighted by Gasteiger charge is 2.38. The number of ether oxygens (including phenoxy) is 2. The molecule has 6 aliphatic rings. The smallest absolute Gasteiger partial charge is 0.318 e. The largest absolute Gasteiger partial charge is 0.460 e. The van der Waals surface area contributed by atoms with Gasteiger partial charge in [-0.25, -0.2) is 4.68 Å². The van der Waals surface area contributed by atoms with Crippen molar-refractivity contribution in [3.05, 3.63) is 289 Å². The van der Waals surface area contributed by atoms with E-state index in [2.05, 4.69) is 134 Å². The van der Waals surface area contributed by atoms with Gasteiger partial charge in [0.05, 0.1) is 66.3 Å². The Morgan fingerprint density at radius 1 is 0.516 bits per heavy atom. The number of ketones is 3. The zero-order valence-electron chi connectivity index (χ0n) is 72.4. The molecule has 9 heterocycles. The predicted molar refractivity (Wildman–Crippen MR) is 510 cm³/mol. The number of carbonyl (C=O) groups is 9. The van der Waals surface area contributed by atoms with Gasteiger partial charge in [0.15, 0.2) is 12.1 Å². The molecule has 28 nitrogen and oxygen atoms in total. The number of aromatic nitrogens is 6. The second-order valence-electron chi connectivity index (χ2n) is 30.5. The minimum Gasteiger partial charge on any atom is -0.460 e. The normalized spacial score (nSPS) is 15.0. The topological polar surface area (TPSA) is 346 Å². The van der Waals surface area contributed by atoms with Crippen LogP contribution in [-0.2, 0) is 47.8 Å². The van der Waals surface area contributed by atoms with Crippen LogP contribution < -0.4 is 41.7 Å². The Hall–Kier alpha value is -12.3. The van der Waals surface area contributed by atoms with Crippen LogP contribution in [0, 0.1) is 0 Å². The van der Waals surface area contributed by atoms with Gasteiger partial charge in [0.25, 0.3) is 11.8 Å². The number of amides is 3. The van der Waals surface area contributed by atoms with Crippen LogP contribution >= 0.6 is 69.6 Å². The van der Waals surface area contributed by atoms with E-state index in [1.54, 1.807) is 108 Å². The molecule has 0 spiro atoms. The van der Waals surface area contributed by atoms with Crippen LogP contribution in [0.2, 0.25) is 30.1 Å². The van der Waals surface area contributed by atoms with Crippen molar-refractivity contribution in [3.8, 4) is 0 Å². The lowest BCUT2D eigenvalue weighted by Crippen LogP contribution is -2.50. The van der Waals surface area contributed by atoms with E-state index in [1.165, 1.54) is 43.9 Å². The fraction of sp³-hybridized carbons (Fsp3) is 0.298. The number of fused-ring (bicyclic) bond motifs is 1. The molecule has 5 fully saturated rings. The minimum absolute atomic E-state index is 0.00935. The molecule has 3 amide bonds. The van der Waals surface area contributed by atoms with Gasteiger partial charge >= 0.3 is 11.9 Å². The number of carbonyl (C=O) groups excluding carboxylic acids is 9. The molecule has 7 aromatic carbocycles. The Morgan fingerprint density at radius 3 is 1.30 bits per heavy atom. The maximum absolute atomic E-state index is 13.8. The highest BCUT2D eigenvalue weighted by molar-refractivity contribution is 6.44. The Morgan fingerprint density at radius 2 is 0.930 bits per heavy atom. The van der Waals surface area contributed by atoms with Gasteiger partial charge in [0.1, 0.15) is 59.3 Å². The summed E-state index contributed by atoms with van der Waals surface area (Å²) in [4.78, 5) is 117. The lowest BCUT2D eigenvalue weighted by atomic mass is 9.94. The number of nitrogen functional groups attached to an aromatic ring is 2. The Balaban J connectivity index is 0.000000190. The van der Waals surface area contributed by atoms with E-state index in [4.69, 9.17) is 85.8 Å². The molecule has 6 aliphatic heterocycles. The molecule has 1 atom stereocenters. The second kappa shape index (κ2) is 51.5. The fourth-order valence-corrected chi connectivity index (χ4v) is 14.5. The summed E-state index contributed by atoms with van der Waals surface area (Å²) >= 11 is 36.4. The van der Waals surface area contributed by atoms with Gasteiger partial charge in [-0.2, -0.15) is 15.3 Å². The van der Waals surface area contributed by atoms with E-state index in [-0.39, 0.29) is 59.5 Å². The number of cyclic esters (lactones) is 1. The van der Waals surface area contributed by atoms with E-state index in [0.717, 1.165) is 88.2 Å². The molecular formula is C94H107Cl6N17O11. The number of nitrogens with zero attached hydrogens (tertiary/aromatic N) is 11. The lowest BCUT2D eigenvalue weighted by molar-refractivity contribution is -0.156. The van der Waals surface area contributed by atoms with Gasteiger partial charge < -0.3 is 65.9 Å². The SMILES string of the molecule is C=C1CC(=O)O1.CC(=O)C(=Cc1cccc(Cl)c1Cl)C(=O)N1CCN(c2ccccc2)CC1.CC(=O)CC(=O)N1CCN(c2ccccc2)CC1.CC(=O)CC(=O)OC(C)(C)C.CC1=C(C(=O)N2CCN(c3ccccc3)CC2)C(c2cccc(Cl)c2Cl)n2nccc2N1.Nc1ccn[nH]1.Nc1ccn[nH]1.O=Cc1cccc(Cl)c1Cl.c1ccc(N2CCNCC2)cc1. The molecule has 3 aromatic heterocycles.